The average Bonchev–Trinajstić information content (AvgIpc) is 3.16. The summed E-state index contributed by atoms with van der Waals surface area (Å²) >= 11 is 8.52. The third-order valence-corrected chi connectivity index (χ3v) is 5.45. The maximum atomic E-state index is 11.6. The predicted molar refractivity (Wildman–Crippen MR) is 111 cm³/mol. The summed E-state index contributed by atoms with van der Waals surface area (Å²) in [4.78, 5) is 12.8. The Morgan fingerprint density at radius 2 is 1.96 bits per heavy atom. The van der Waals surface area contributed by atoms with Gasteiger partial charge in [0.2, 0.25) is 0 Å². The first-order valence-electron chi connectivity index (χ1n) is 7.94. The highest BCUT2D eigenvalue weighted by molar-refractivity contribution is 8.03. The molecule has 0 saturated carbocycles. The molecule has 1 aromatic heterocycles. The average molecular weight is 435 g/mol. The SMILES string of the molecule is COc1ccc(Cl)cc1-c1nnc(S/C(=C\c2ccc(SC)cc2)C(=O)O)o1. The van der Waals surface area contributed by atoms with Gasteiger partial charge in [-0.05, 0) is 60.0 Å². The molecule has 1 heterocycles. The van der Waals surface area contributed by atoms with E-state index in [1.807, 2.05) is 30.5 Å². The number of aromatic nitrogens is 2. The van der Waals surface area contributed by atoms with Crippen LogP contribution in [0.25, 0.3) is 17.5 Å². The van der Waals surface area contributed by atoms with Gasteiger partial charge in [0.1, 0.15) is 10.7 Å². The Balaban J connectivity index is 1.86. The molecule has 0 amide bonds. The minimum absolute atomic E-state index is 0.0603. The van der Waals surface area contributed by atoms with E-state index in [9.17, 15) is 9.90 Å². The molecule has 3 rings (SSSR count). The van der Waals surface area contributed by atoms with Crippen LogP contribution in [0.15, 0.2) is 61.9 Å². The first-order valence-corrected chi connectivity index (χ1v) is 10.4. The van der Waals surface area contributed by atoms with Gasteiger partial charge in [-0.1, -0.05) is 23.7 Å². The Bertz CT molecular complexity index is 1020. The van der Waals surface area contributed by atoms with Gasteiger partial charge in [0.05, 0.1) is 12.7 Å². The molecular weight excluding hydrogens is 420 g/mol. The van der Waals surface area contributed by atoms with Crippen LogP contribution in [0.3, 0.4) is 0 Å². The first-order chi connectivity index (χ1) is 13.5. The van der Waals surface area contributed by atoms with E-state index < -0.39 is 5.97 Å². The molecule has 0 saturated heterocycles. The van der Waals surface area contributed by atoms with Gasteiger partial charge in [-0.3, -0.25) is 0 Å². The van der Waals surface area contributed by atoms with Crippen molar-refractivity contribution < 1.29 is 19.1 Å². The third-order valence-electron chi connectivity index (χ3n) is 3.62. The number of benzene rings is 2. The summed E-state index contributed by atoms with van der Waals surface area (Å²) in [6, 6.07) is 12.6. The zero-order chi connectivity index (χ0) is 20.1. The van der Waals surface area contributed by atoms with Crippen LogP contribution in [-0.4, -0.2) is 34.6 Å². The van der Waals surface area contributed by atoms with Crippen molar-refractivity contribution in [2.45, 2.75) is 10.1 Å². The molecule has 0 aliphatic heterocycles. The van der Waals surface area contributed by atoms with E-state index in [1.54, 1.807) is 36.0 Å². The molecular formula is C19H15ClN2O4S2. The van der Waals surface area contributed by atoms with Crippen LogP contribution < -0.4 is 4.74 Å². The number of methoxy groups -OCH3 is 1. The van der Waals surface area contributed by atoms with Crippen molar-refractivity contribution in [1.29, 1.82) is 0 Å². The number of rotatable bonds is 7. The quantitative estimate of drug-likeness (QED) is 0.394. The van der Waals surface area contributed by atoms with E-state index in [-0.39, 0.29) is 16.0 Å². The molecule has 0 bridgehead atoms. The van der Waals surface area contributed by atoms with Gasteiger partial charge in [0.25, 0.3) is 11.1 Å². The highest BCUT2D eigenvalue weighted by Gasteiger charge is 2.18. The molecule has 0 unspecified atom stereocenters. The fraction of sp³-hybridized carbons (Fsp3) is 0.105. The van der Waals surface area contributed by atoms with Gasteiger partial charge in [0, 0.05) is 9.92 Å². The molecule has 0 spiro atoms. The molecule has 0 aliphatic carbocycles. The van der Waals surface area contributed by atoms with Crippen LogP contribution in [0.1, 0.15) is 5.56 Å². The third kappa shape index (κ3) is 4.89. The predicted octanol–water partition coefficient (Wildman–Crippen LogP) is 5.34. The lowest BCUT2D eigenvalue weighted by molar-refractivity contribution is -0.131. The number of carboxylic acid groups (broad SMARTS) is 1. The van der Waals surface area contributed by atoms with Crippen molar-refractivity contribution in [2.75, 3.05) is 13.4 Å². The number of hydrogen-bond donors (Lipinski definition) is 1. The Hall–Kier alpha value is -2.42. The highest BCUT2D eigenvalue weighted by atomic mass is 35.5. The summed E-state index contributed by atoms with van der Waals surface area (Å²) in [5.41, 5.74) is 1.29. The second-order valence-electron chi connectivity index (χ2n) is 5.41. The summed E-state index contributed by atoms with van der Waals surface area (Å²) < 4.78 is 10.9. The zero-order valence-corrected chi connectivity index (χ0v) is 17.3. The number of nitrogens with zero attached hydrogens (tertiary/aromatic N) is 2. The summed E-state index contributed by atoms with van der Waals surface area (Å²) in [5, 5.41) is 18.0. The van der Waals surface area contributed by atoms with E-state index in [0.717, 1.165) is 22.2 Å². The number of halogens is 1. The fourth-order valence-electron chi connectivity index (χ4n) is 2.29. The van der Waals surface area contributed by atoms with E-state index in [4.69, 9.17) is 20.8 Å². The Morgan fingerprint density at radius 1 is 1.21 bits per heavy atom. The molecule has 1 N–H and O–H groups in total. The van der Waals surface area contributed by atoms with Gasteiger partial charge in [-0.15, -0.1) is 22.0 Å². The van der Waals surface area contributed by atoms with E-state index in [0.29, 0.717) is 16.3 Å². The lowest BCUT2D eigenvalue weighted by Gasteiger charge is -2.04. The summed E-state index contributed by atoms with van der Waals surface area (Å²) in [5.74, 6) is -0.373. The first kappa shape index (κ1) is 20.3. The molecule has 9 heteroatoms. The number of hydrogen-bond acceptors (Lipinski definition) is 7. The molecule has 2 aromatic carbocycles. The molecule has 3 aromatic rings. The molecule has 144 valence electrons. The maximum absolute atomic E-state index is 11.6. The van der Waals surface area contributed by atoms with E-state index >= 15 is 0 Å². The maximum Gasteiger partial charge on any atom is 0.342 e. The normalized spacial score (nSPS) is 11.5. The van der Waals surface area contributed by atoms with Crippen molar-refractivity contribution in [3.8, 4) is 17.2 Å². The minimum Gasteiger partial charge on any atom is -0.496 e. The molecule has 0 fully saturated rings. The summed E-state index contributed by atoms with van der Waals surface area (Å²) in [6.45, 7) is 0. The lowest BCUT2D eigenvalue weighted by atomic mass is 10.2. The van der Waals surface area contributed by atoms with Crippen LogP contribution in [0.5, 0.6) is 5.75 Å². The lowest BCUT2D eigenvalue weighted by Crippen LogP contribution is -1.96. The Labute approximate surface area is 175 Å². The molecule has 0 radical (unpaired) electrons. The number of ether oxygens (including phenoxy) is 1. The molecule has 28 heavy (non-hydrogen) atoms. The van der Waals surface area contributed by atoms with Crippen LogP contribution in [-0.2, 0) is 4.79 Å². The van der Waals surface area contributed by atoms with Crippen molar-refractivity contribution in [3.63, 3.8) is 0 Å². The second kappa shape index (κ2) is 9.18. The van der Waals surface area contributed by atoms with Crippen molar-refractivity contribution in [1.82, 2.24) is 10.2 Å². The Kier molecular flexibility index (Phi) is 6.66. The van der Waals surface area contributed by atoms with E-state index in [2.05, 4.69) is 10.2 Å². The summed E-state index contributed by atoms with van der Waals surface area (Å²) in [7, 11) is 1.52. The van der Waals surface area contributed by atoms with Gasteiger partial charge >= 0.3 is 5.97 Å². The van der Waals surface area contributed by atoms with E-state index in [1.165, 1.54) is 7.11 Å². The van der Waals surface area contributed by atoms with Crippen molar-refractivity contribution >= 4 is 47.2 Å². The van der Waals surface area contributed by atoms with Gasteiger partial charge in [-0.2, -0.15) is 0 Å². The number of thioether (sulfide) groups is 2. The van der Waals surface area contributed by atoms with Crippen molar-refractivity contribution in [2.24, 2.45) is 0 Å². The number of aliphatic carboxylic acids is 1. The van der Waals surface area contributed by atoms with Gasteiger partial charge in [0.15, 0.2) is 0 Å². The van der Waals surface area contributed by atoms with Crippen LogP contribution in [0.4, 0.5) is 0 Å². The van der Waals surface area contributed by atoms with Crippen LogP contribution in [0, 0.1) is 0 Å². The topological polar surface area (TPSA) is 85.5 Å². The molecule has 0 aliphatic rings. The summed E-state index contributed by atoms with van der Waals surface area (Å²) in [6.07, 6.45) is 3.53. The minimum atomic E-state index is -1.08. The molecule has 6 nitrogen and oxygen atoms in total. The largest absolute Gasteiger partial charge is 0.496 e. The molecule has 0 atom stereocenters. The van der Waals surface area contributed by atoms with Crippen molar-refractivity contribution in [3.05, 3.63) is 58.0 Å². The van der Waals surface area contributed by atoms with Gasteiger partial charge in [-0.25, -0.2) is 4.79 Å². The Morgan fingerprint density at radius 3 is 2.61 bits per heavy atom. The fourth-order valence-corrected chi connectivity index (χ4v) is 3.54. The van der Waals surface area contributed by atoms with Gasteiger partial charge < -0.3 is 14.3 Å². The van der Waals surface area contributed by atoms with Crippen LogP contribution in [0.2, 0.25) is 5.02 Å². The second-order valence-corrected chi connectivity index (χ2v) is 7.72. The smallest absolute Gasteiger partial charge is 0.342 e. The van der Waals surface area contributed by atoms with Crippen LogP contribution >= 0.6 is 35.1 Å². The monoisotopic (exact) mass is 434 g/mol. The highest BCUT2D eigenvalue weighted by Crippen LogP contribution is 2.35. The number of carboxylic acids is 1. The zero-order valence-electron chi connectivity index (χ0n) is 14.9. The standard InChI is InChI=1S/C19H15ClN2O4S2/c1-25-15-8-5-12(20)10-14(15)17-21-22-19(26-17)28-16(18(23)24)9-11-3-6-13(27-2)7-4-11/h3-10H,1-2H3,(H,23,24)/b16-9-. The number of carbonyl (C=O) groups is 1.